The van der Waals surface area contributed by atoms with Crippen LogP contribution in [0.3, 0.4) is 0 Å². The molecule has 1 aliphatic rings. The van der Waals surface area contributed by atoms with E-state index in [1.807, 2.05) is 17.3 Å². The molecule has 0 unspecified atom stereocenters. The third-order valence-electron chi connectivity index (χ3n) is 3.82. The first kappa shape index (κ1) is 13.9. The minimum absolute atomic E-state index is 0.427. The van der Waals surface area contributed by atoms with Gasteiger partial charge in [-0.25, -0.2) is 4.98 Å². The van der Waals surface area contributed by atoms with Crippen molar-refractivity contribution in [2.24, 2.45) is 10.4 Å². The van der Waals surface area contributed by atoms with E-state index in [1.54, 1.807) is 11.3 Å². The zero-order chi connectivity index (χ0) is 13.0. The second-order valence-corrected chi connectivity index (χ2v) is 6.74. The van der Waals surface area contributed by atoms with Gasteiger partial charge in [-0.15, -0.1) is 11.3 Å². The Kier molecular flexibility index (Phi) is 4.67. The van der Waals surface area contributed by atoms with E-state index >= 15 is 0 Å². The van der Waals surface area contributed by atoms with E-state index in [9.17, 15) is 0 Å². The zero-order valence-electron chi connectivity index (χ0n) is 11.3. The SMILES string of the molecule is CCC1(CC)CN=C(NCc2scnc2C)SC1. The largest absolute Gasteiger partial charge is 0.360 e. The summed E-state index contributed by atoms with van der Waals surface area (Å²) in [5.74, 6) is 1.19. The Morgan fingerprint density at radius 1 is 1.39 bits per heavy atom. The highest BCUT2D eigenvalue weighted by Gasteiger charge is 2.29. The predicted octanol–water partition coefficient (Wildman–Crippen LogP) is 3.45. The summed E-state index contributed by atoms with van der Waals surface area (Å²) in [6.07, 6.45) is 2.45. The highest BCUT2D eigenvalue weighted by Crippen LogP contribution is 2.34. The van der Waals surface area contributed by atoms with Crippen LogP contribution in [0.25, 0.3) is 0 Å². The first-order valence-electron chi connectivity index (χ1n) is 6.49. The van der Waals surface area contributed by atoms with Crippen LogP contribution in [0, 0.1) is 12.3 Å². The summed E-state index contributed by atoms with van der Waals surface area (Å²) in [5.41, 5.74) is 3.46. The van der Waals surface area contributed by atoms with Crippen molar-refractivity contribution in [3.63, 3.8) is 0 Å². The fourth-order valence-electron chi connectivity index (χ4n) is 1.99. The molecule has 2 rings (SSSR count). The lowest BCUT2D eigenvalue weighted by Crippen LogP contribution is -2.34. The van der Waals surface area contributed by atoms with Crippen LogP contribution in [-0.4, -0.2) is 22.4 Å². The van der Waals surface area contributed by atoms with Gasteiger partial charge in [-0.3, -0.25) is 4.99 Å². The molecule has 3 nitrogen and oxygen atoms in total. The maximum absolute atomic E-state index is 4.71. The predicted molar refractivity (Wildman–Crippen MR) is 81.5 cm³/mol. The van der Waals surface area contributed by atoms with Gasteiger partial charge in [0.2, 0.25) is 0 Å². The summed E-state index contributed by atoms with van der Waals surface area (Å²) in [6, 6.07) is 0. The third kappa shape index (κ3) is 3.06. The molecule has 0 fully saturated rings. The van der Waals surface area contributed by atoms with E-state index in [-0.39, 0.29) is 0 Å². The Bertz CT molecular complexity index is 422. The first-order chi connectivity index (χ1) is 8.69. The smallest absolute Gasteiger partial charge is 0.156 e. The number of thiazole rings is 1. The lowest BCUT2D eigenvalue weighted by Gasteiger charge is -2.33. The molecule has 1 N–H and O–H groups in total. The summed E-state index contributed by atoms with van der Waals surface area (Å²) in [7, 11) is 0. The molecule has 0 aliphatic carbocycles. The van der Waals surface area contributed by atoms with Crippen molar-refractivity contribution in [3.8, 4) is 0 Å². The number of nitrogens with one attached hydrogen (secondary N) is 1. The highest BCUT2D eigenvalue weighted by atomic mass is 32.2. The molecule has 1 aliphatic heterocycles. The number of hydrogen-bond acceptors (Lipinski definition) is 5. The van der Waals surface area contributed by atoms with E-state index in [0.717, 1.165) is 24.0 Å². The first-order valence-corrected chi connectivity index (χ1v) is 8.36. The van der Waals surface area contributed by atoms with Crippen molar-refractivity contribution in [3.05, 3.63) is 16.1 Å². The zero-order valence-corrected chi connectivity index (χ0v) is 13.0. The van der Waals surface area contributed by atoms with Gasteiger partial charge in [0.15, 0.2) is 5.17 Å². The van der Waals surface area contributed by atoms with Gasteiger partial charge in [-0.05, 0) is 25.2 Å². The average molecular weight is 283 g/mol. The summed E-state index contributed by atoms with van der Waals surface area (Å²) in [4.78, 5) is 10.3. The Hall–Kier alpha value is -0.550. The normalized spacial score (nSPS) is 18.5. The van der Waals surface area contributed by atoms with Gasteiger partial charge in [-0.2, -0.15) is 0 Å². The number of aliphatic imine (C=N–C) groups is 1. The van der Waals surface area contributed by atoms with Crippen LogP contribution in [0.5, 0.6) is 0 Å². The van der Waals surface area contributed by atoms with Gasteiger partial charge in [0.1, 0.15) is 0 Å². The molecule has 100 valence electrons. The maximum Gasteiger partial charge on any atom is 0.156 e. The molecule has 0 atom stereocenters. The van der Waals surface area contributed by atoms with Crippen molar-refractivity contribution < 1.29 is 0 Å². The van der Waals surface area contributed by atoms with Crippen LogP contribution < -0.4 is 5.32 Å². The molecular weight excluding hydrogens is 262 g/mol. The van der Waals surface area contributed by atoms with Crippen LogP contribution in [0.2, 0.25) is 0 Å². The second kappa shape index (κ2) is 6.06. The van der Waals surface area contributed by atoms with Crippen molar-refractivity contribution in [2.45, 2.75) is 40.2 Å². The van der Waals surface area contributed by atoms with Crippen LogP contribution >= 0.6 is 23.1 Å². The van der Waals surface area contributed by atoms with Crippen molar-refractivity contribution in [1.82, 2.24) is 10.3 Å². The molecule has 2 heterocycles. The lowest BCUT2D eigenvalue weighted by atomic mass is 9.84. The summed E-state index contributed by atoms with van der Waals surface area (Å²) < 4.78 is 0. The lowest BCUT2D eigenvalue weighted by molar-refractivity contribution is 0.318. The molecule has 0 radical (unpaired) electrons. The molecule has 0 aromatic carbocycles. The fraction of sp³-hybridized carbons (Fsp3) is 0.692. The van der Waals surface area contributed by atoms with Gasteiger partial charge in [0.25, 0.3) is 0 Å². The van der Waals surface area contributed by atoms with Crippen LogP contribution in [0.1, 0.15) is 37.3 Å². The number of hydrogen-bond donors (Lipinski definition) is 1. The maximum atomic E-state index is 4.71. The fourth-order valence-corrected chi connectivity index (χ4v) is 3.98. The van der Waals surface area contributed by atoms with Crippen molar-refractivity contribution >= 4 is 28.3 Å². The number of thioether (sulfide) groups is 1. The molecule has 0 spiro atoms. The molecule has 18 heavy (non-hydrogen) atoms. The molecule has 0 amide bonds. The van der Waals surface area contributed by atoms with Gasteiger partial charge < -0.3 is 5.32 Å². The number of aromatic nitrogens is 1. The Labute approximate surface area is 118 Å². The number of amidine groups is 1. The monoisotopic (exact) mass is 283 g/mol. The standard InChI is InChI=1S/C13H21N3S2/c1-4-13(5-2)7-15-12(17-8-13)14-6-11-10(3)16-9-18-11/h9H,4-8H2,1-3H3,(H,14,15). The number of aryl methyl sites for hydroxylation is 1. The quantitative estimate of drug-likeness (QED) is 0.919. The van der Waals surface area contributed by atoms with Crippen LogP contribution in [-0.2, 0) is 6.54 Å². The number of nitrogens with zero attached hydrogens (tertiary/aromatic N) is 2. The Balaban J connectivity index is 1.89. The van der Waals surface area contributed by atoms with E-state index < -0.39 is 0 Å². The van der Waals surface area contributed by atoms with Gasteiger partial charge >= 0.3 is 0 Å². The summed E-state index contributed by atoms with van der Waals surface area (Å²) in [5, 5.41) is 4.53. The summed E-state index contributed by atoms with van der Waals surface area (Å²) in [6.45, 7) is 8.43. The van der Waals surface area contributed by atoms with Gasteiger partial charge in [-0.1, -0.05) is 25.6 Å². The van der Waals surface area contributed by atoms with E-state index in [2.05, 4.69) is 31.1 Å². The van der Waals surface area contributed by atoms with Crippen LogP contribution in [0.4, 0.5) is 0 Å². The van der Waals surface area contributed by atoms with E-state index in [0.29, 0.717) is 5.41 Å². The molecular formula is C13H21N3S2. The molecule has 0 saturated carbocycles. The van der Waals surface area contributed by atoms with Crippen molar-refractivity contribution in [1.29, 1.82) is 0 Å². The van der Waals surface area contributed by atoms with E-state index in [1.165, 1.54) is 23.5 Å². The van der Waals surface area contributed by atoms with Crippen LogP contribution in [0.15, 0.2) is 10.5 Å². The summed E-state index contributed by atoms with van der Waals surface area (Å²) >= 11 is 3.58. The molecule has 1 aromatic heterocycles. The Morgan fingerprint density at radius 3 is 2.67 bits per heavy atom. The topological polar surface area (TPSA) is 37.3 Å². The third-order valence-corrected chi connectivity index (χ3v) is 6.06. The Morgan fingerprint density at radius 2 is 2.17 bits per heavy atom. The second-order valence-electron chi connectivity index (χ2n) is 4.83. The van der Waals surface area contributed by atoms with Gasteiger partial charge in [0.05, 0.1) is 17.7 Å². The molecule has 0 saturated heterocycles. The van der Waals surface area contributed by atoms with Crippen molar-refractivity contribution in [2.75, 3.05) is 12.3 Å². The molecule has 5 heteroatoms. The minimum atomic E-state index is 0.427. The van der Waals surface area contributed by atoms with Gasteiger partial charge in [0, 0.05) is 17.2 Å². The number of rotatable bonds is 4. The molecule has 1 aromatic rings. The van der Waals surface area contributed by atoms with E-state index in [4.69, 9.17) is 4.99 Å². The molecule has 0 bridgehead atoms. The highest BCUT2D eigenvalue weighted by molar-refractivity contribution is 8.13. The minimum Gasteiger partial charge on any atom is -0.360 e. The average Bonchev–Trinajstić information content (AvgIpc) is 2.83.